The molecule has 1 aromatic carbocycles. The van der Waals surface area contributed by atoms with E-state index in [1.807, 2.05) is 0 Å². The molecular weight excluding hydrogens is 230 g/mol. The van der Waals surface area contributed by atoms with Gasteiger partial charge in [0.1, 0.15) is 11.0 Å². The van der Waals surface area contributed by atoms with Gasteiger partial charge in [-0.25, -0.2) is 4.21 Å². The number of rotatable bonds is 0. The van der Waals surface area contributed by atoms with E-state index in [0.29, 0.717) is 17.1 Å². The molecule has 1 N–H and O–H groups in total. The first-order chi connectivity index (χ1) is 8.24. The summed E-state index contributed by atoms with van der Waals surface area (Å²) in [6, 6.07) is 6.51. The van der Waals surface area contributed by atoms with Gasteiger partial charge in [0.2, 0.25) is 0 Å². The van der Waals surface area contributed by atoms with Crippen LogP contribution in [0.1, 0.15) is 36.3 Å². The summed E-state index contributed by atoms with van der Waals surface area (Å²) in [6.07, 6.45) is 3.94. The van der Waals surface area contributed by atoms with Crippen LogP contribution in [0.2, 0.25) is 0 Å². The van der Waals surface area contributed by atoms with Gasteiger partial charge in [-0.1, -0.05) is 17.7 Å². The molecule has 17 heavy (non-hydrogen) atoms. The molecule has 1 heterocycles. The first kappa shape index (κ1) is 10.1. The Hall–Kier alpha value is -0.830. The highest BCUT2D eigenvalue weighted by atomic mass is 32.2. The molecule has 5 atom stereocenters. The third-order valence-corrected chi connectivity index (χ3v) is 6.46. The lowest BCUT2D eigenvalue weighted by molar-refractivity contribution is 0.422. The third-order valence-electron chi connectivity index (χ3n) is 4.86. The van der Waals surface area contributed by atoms with E-state index in [9.17, 15) is 4.21 Å². The molecule has 0 saturated heterocycles. The first-order valence-electron chi connectivity index (χ1n) is 6.52. The molecule has 0 aromatic heterocycles. The van der Waals surface area contributed by atoms with Gasteiger partial charge in [-0.3, -0.25) is 0 Å². The molecule has 2 aliphatic carbocycles. The van der Waals surface area contributed by atoms with Gasteiger partial charge in [0, 0.05) is 11.6 Å². The van der Waals surface area contributed by atoms with E-state index < -0.39 is 11.0 Å². The van der Waals surface area contributed by atoms with Gasteiger partial charge in [-0.15, -0.1) is 0 Å². The summed E-state index contributed by atoms with van der Waals surface area (Å²) in [5.41, 5.74) is 3.87. The largest absolute Gasteiger partial charge is 0.305 e. The highest BCUT2D eigenvalue weighted by molar-refractivity contribution is 7.87. The maximum absolute atomic E-state index is 12.3. The third kappa shape index (κ3) is 1.29. The van der Waals surface area contributed by atoms with Gasteiger partial charge in [0.05, 0.1) is 5.25 Å². The molecule has 90 valence electrons. The van der Waals surface area contributed by atoms with Crippen molar-refractivity contribution in [2.24, 2.45) is 11.8 Å². The highest BCUT2D eigenvalue weighted by Gasteiger charge is 2.53. The highest BCUT2D eigenvalue weighted by Crippen LogP contribution is 2.57. The molecule has 0 spiro atoms. The molecule has 2 fully saturated rings. The van der Waals surface area contributed by atoms with Crippen molar-refractivity contribution >= 4 is 16.7 Å². The minimum absolute atomic E-state index is 0.378. The SMILES string of the molecule is Cc1ccc2c(c1)[C@H]1[C@H]3CC[C@@H](C3)[C@@H]1[S@](=O)N2. The van der Waals surface area contributed by atoms with E-state index in [0.717, 1.165) is 11.6 Å². The molecule has 1 aliphatic heterocycles. The molecule has 0 unspecified atom stereocenters. The Morgan fingerprint density at radius 3 is 3.00 bits per heavy atom. The topological polar surface area (TPSA) is 29.1 Å². The number of anilines is 1. The van der Waals surface area contributed by atoms with Crippen molar-refractivity contribution in [3.8, 4) is 0 Å². The Kier molecular flexibility index (Phi) is 1.99. The summed E-state index contributed by atoms with van der Waals surface area (Å²) in [4.78, 5) is 0. The Morgan fingerprint density at radius 1 is 1.29 bits per heavy atom. The van der Waals surface area contributed by atoms with Crippen LogP contribution in [-0.2, 0) is 11.0 Å². The molecule has 2 nitrogen and oxygen atoms in total. The second kappa shape index (κ2) is 3.35. The average Bonchev–Trinajstić information content (AvgIpc) is 2.91. The standard InChI is InChI=1S/C14H17NOS/c1-8-2-5-12-11(6-8)13-9-3-4-10(7-9)14(13)17(16)15-12/h2,5-6,9-10,13-15H,3-4,7H2,1H3/t9-,10-,13+,14-,17-/m0/s1. The fraction of sp³-hybridized carbons (Fsp3) is 0.571. The van der Waals surface area contributed by atoms with Crippen LogP contribution in [0.25, 0.3) is 0 Å². The summed E-state index contributed by atoms with van der Waals surface area (Å²) < 4.78 is 15.5. The summed E-state index contributed by atoms with van der Waals surface area (Å²) >= 11 is 0. The van der Waals surface area contributed by atoms with Gasteiger partial charge in [0.15, 0.2) is 0 Å². The minimum Gasteiger partial charge on any atom is -0.305 e. The van der Waals surface area contributed by atoms with Crippen LogP contribution >= 0.6 is 0 Å². The maximum atomic E-state index is 12.3. The Labute approximate surface area is 104 Å². The van der Waals surface area contributed by atoms with Crippen LogP contribution in [-0.4, -0.2) is 9.46 Å². The molecule has 3 aliphatic rings. The van der Waals surface area contributed by atoms with E-state index in [1.54, 1.807) is 0 Å². The molecule has 0 amide bonds. The van der Waals surface area contributed by atoms with Crippen LogP contribution in [0.5, 0.6) is 0 Å². The number of hydrogen-bond donors (Lipinski definition) is 1. The monoisotopic (exact) mass is 247 g/mol. The number of nitrogens with one attached hydrogen (secondary N) is 1. The smallest absolute Gasteiger partial charge is 0.121 e. The lowest BCUT2D eigenvalue weighted by Gasteiger charge is -2.36. The molecule has 4 rings (SSSR count). The molecular formula is C14H17NOS. The molecule has 2 bridgehead atoms. The summed E-state index contributed by atoms with van der Waals surface area (Å²) in [5.74, 6) is 2.05. The lowest BCUT2D eigenvalue weighted by Crippen LogP contribution is -2.37. The van der Waals surface area contributed by atoms with Gasteiger partial charge < -0.3 is 4.72 Å². The van der Waals surface area contributed by atoms with E-state index in [-0.39, 0.29) is 0 Å². The number of aryl methyl sites for hydroxylation is 1. The number of hydrogen-bond acceptors (Lipinski definition) is 1. The van der Waals surface area contributed by atoms with Crippen LogP contribution < -0.4 is 4.72 Å². The predicted octanol–water partition coefficient (Wildman–Crippen LogP) is 2.97. The minimum atomic E-state index is -0.863. The van der Waals surface area contributed by atoms with Crippen molar-refractivity contribution < 1.29 is 4.21 Å². The van der Waals surface area contributed by atoms with Crippen molar-refractivity contribution in [1.29, 1.82) is 0 Å². The van der Waals surface area contributed by atoms with Crippen LogP contribution in [0.4, 0.5) is 5.69 Å². The lowest BCUT2D eigenvalue weighted by atomic mass is 9.81. The van der Waals surface area contributed by atoms with Crippen LogP contribution in [0.3, 0.4) is 0 Å². The summed E-state index contributed by atoms with van der Waals surface area (Å²) in [7, 11) is -0.863. The van der Waals surface area contributed by atoms with Gasteiger partial charge in [-0.05, 0) is 49.7 Å². The van der Waals surface area contributed by atoms with Gasteiger partial charge >= 0.3 is 0 Å². The first-order valence-corrected chi connectivity index (χ1v) is 7.73. The molecule has 0 radical (unpaired) electrons. The zero-order valence-electron chi connectivity index (χ0n) is 9.98. The van der Waals surface area contributed by atoms with Crippen LogP contribution in [0, 0.1) is 18.8 Å². The normalized spacial score (nSPS) is 41.8. The Bertz CT molecular complexity index is 513. The Morgan fingerprint density at radius 2 is 2.12 bits per heavy atom. The van der Waals surface area contributed by atoms with Crippen LogP contribution in [0.15, 0.2) is 18.2 Å². The zero-order chi connectivity index (χ0) is 11.6. The fourth-order valence-corrected chi connectivity index (χ4v) is 5.98. The van der Waals surface area contributed by atoms with E-state index >= 15 is 0 Å². The van der Waals surface area contributed by atoms with Crippen molar-refractivity contribution in [2.45, 2.75) is 37.4 Å². The molecule has 1 aromatic rings. The van der Waals surface area contributed by atoms with Crippen molar-refractivity contribution in [3.63, 3.8) is 0 Å². The summed E-state index contributed by atoms with van der Waals surface area (Å²) in [5, 5.41) is 0.378. The fourth-order valence-electron chi connectivity index (χ4n) is 4.20. The van der Waals surface area contributed by atoms with Crippen molar-refractivity contribution in [3.05, 3.63) is 29.3 Å². The molecule has 2 saturated carbocycles. The van der Waals surface area contributed by atoms with Crippen molar-refractivity contribution in [2.75, 3.05) is 4.72 Å². The summed E-state index contributed by atoms with van der Waals surface area (Å²) in [6.45, 7) is 2.15. The van der Waals surface area contributed by atoms with Gasteiger partial charge in [-0.2, -0.15) is 0 Å². The second-order valence-electron chi connectivity index (χ2n) is 5.81. The van der Waals surface area contributed by atoms with E-state index in [1.165, 1.54) is 30.4 Å². The Balaban J connectivity index is 1.88. The van der Waals surface area contributed by atoms with Crippen molar-refractivity contribution in [1.82, 2.24) is 0 Å². The number of fused-ring (bicyclic) bond motifs is 7. The second-order valence-corrected chi connectivity index (χ2v) is 7.16. The van der Waals surface area contributed by atoms with E-state index in [4.69, 9.17) is 0 Å². The number of benzene rings is 1. The predicted molar refractivity (Wildman–Crippen MR) is 70.3 cm³/mol. The maximum Gasteiger partial charge on any atom is 0.121 e. The molecule has 3 heteroatoms. The van der Waals surface area contributed by atoms with E-state index in [2.05, 4.69) is 29.8 Å². The van der Waals surface area contributed by atoms with Gasteiger partial charge in [0.25, 0.3) is 0 Å². The quantitative estimate of drug-likeness (QED) is 0.750. The average molecular weight is 247 g/mol. The zero-order valence-corrected chi connectivity index (χ0v) is 10.8.